The van der Waals surface area contributed by atoms with Gasteiger partial charge >= 0.3 is 35.7 Å². The molecule has 0 aliphatic carbocycles. The molecule has 0 spiro atoms. The summed E-state index contributed by atoms with van der Waals surface area (Å²) in [6.45, 7) is -1.51. The average Bonchev–Trinajstić information content (AvgIpc) is 3.19. The van der Waals surface area contributed by atoms with Gasteiger partial charge in [-0.2, -0.15) is 0 Å². The Hall–Kier alpha value is -2.40. The third-order valence-corrected chi connectivity index (χ3v) is 6.36. The van der Waals surface area contributed by atoms with Crippen LogP contribution in [0, 0.1) is 0 Å². The molecule has 0 saturated carbocycles. The number of carbonyl (C=O) groups is 4. The first kappa shape index (κ1) is 26.8. The summed E-state index contributed by atoms with van der Waals surface area (Å²) in [4.78, 5) is 52.9. The molecule has 2 aliphatic rings. The fraction of sp³-hybridized carbons (Fsp3) is 0.375. The first-order valence-electron chi connectivity index (χ1n) is 8.87. The van der Waals surface area contributed by atoms with Gasteiger partial charge in [0, 0.05) is 23.3 Å². The number of hydrogen-bond acceptors (Lipinski definition) is 12. The third kappa shape index (κ3) is 5.75. The number of alkyl carbamates (subject to hydrolysis) is 1. The third-order valence-electron chi connectivity index (χ3n) is 4.35. The van der Waals surface area contributed by atoms with Gasteiger partial charge in [-0.15, -0.1) is 23.1 Å². The molecule has 1 unspecified atom stereocenters. The monoisotopic (exact) mass is 510 g/mol. The number of thiazole rings is 1. The summed E-state index contributed by atoms with van der Waals surface area (Å²) in [5.74, 6) is -3.26. The van der Waals surface area contributed by atoms with E-state index in [1.807, 2.05) is 0 Å². The van der Waals surface area contributed by atoms with E-state index in [-0.39, 0.29) is 58.3 Å². The molecule has 2 aliphatic heterocycles. The van der Waals surface area contributed by atoms with E-state index in [0.29, 0.717) is 0 Å². The molecule has 1 fully saturated rings. The number of aliphatic carboxylic acids is 1. The number of carboxylic acids is 1. The summed E-state index contributed by atoms with van der Waals surface area (Å²) in [5.41, 5.74) is 4.68. The molecule has 5 N–H and O–H groups in total. The largest absolute Gasteiger partial charge is 1.00 e. The van der Waals surface area contributed by atoms with Gasteiger partial charge < -0.3 is 36.2 Å². The van der Waals surface area contributed by atoms with Gasteiger partial charge in [0.1, 0.15) is 30.4 Å². The molecule has 0 aromatic carbocycles. The number of amides is 3. The zero-order valence-corrected chi connectivity index (χ0v) is 20.7. The second-order valence-corrected chi connectivity index (χ2v) is 8.31. The number of nitrogens with two attached hydrogens (primary N) is 1. The Bertz CT molecular complexity index is 1020. The maximum Gasteiger partial charge on any atom is 1.00 e. The number of nitrogens with zero attached hydrogens (tertiary/aromatic N) is 3. The van der Waals surface area contributed by atoms with Crippen LogP contribution >= 0.6 is 23.1 Å². The minimum absolute atomic E-state index is 0. The van der Waals surface area contributed by atoms with Crippen LogP contribution in [-0.4, -0.2) is 81.7 Å². The van der Waals surface area contributed by atoms with Crippen molar-refractivity contribution in [1.29, 1.82) is 0 Å². The SMILES string of the molecule is Nc1nc(/C(=N/O)C(=O)NC2C(=O)N3C(C(=O)[O-])=C(COC(=O)NCCF)CS[C@@H]23)cs1.[Na+]. The molecule has 3 heterocycles. The molecule has 33 heavy (non-hydrogen) atoms. The van der Waals surface area contributed by atoms with Crippen LogP contribution in [0.25, 0.3) is 0 Å². The number of rotatable bonds is 8. The quantitative estimate of drug-likeness (QED) is 0.0863. The van der Waals surface area contributed by atoms with E-state index >= 15 is 0 Å². The van der Waals surface area contributed by atoms with E-state index in [4.69, 9.17) is 15.7 Å². The fourth-order valence-corrected chi connectivity index (χ4v) is 4.83. The molecule has 0 bridgehead atoms. The molecule has 1 aromatic rings. The fourth-order valence-electron chi connectivity index (χ4n) is 2.95. The van der Waals surface area contributed by atoms with Crippen molar-refractivity contribution in [2.75, 3.05) is 31.3 Å². The topological polar surface area (TPSA) is 199 Å². The number of oxime groups is 1. The van der Waals surface area contributed by atoms with Gasteiger partial charge in [0.15, 0.2) is 10.8 Å². The number of thioether (sulfide) groups is 1. The summed E-state index contributed by atoms with van der Waals surface area (Å²) in [6, 6.07) is -1.11. The number of nitrogens with one attached hydrogen (secondary N) is 2. The Morgan fingerprint density at radius 3 is 2.76 bits per heavy atom. The molecule has 2 atom stereocenters. The summed E-state index contributed by atoms with van der Waals surface area (Å²) in [5, 5.41) is 29.0. The molecule has 13 nitrogen and oxygen atoms in total. The molecule has 1 aromatic heterocycles. The minimum Gasteiger partial charge on any atom is -0.543 e. The number of anilines is 1. The molecule has 3 rings (SSSR count). The molecular formula is C16H16FN6NaO7S2. The number of aromatic nitrogens is 1. The average molecular weight is 510 g/mol. The van der Waals surface area contributed by atoms with E-state index in [0.717, 1.165) is 28.0 Å². The number of alkyl halides is 1. The van der Waals surface area contributed by atoms with Crippen LogP contribution in [0.2, 0.25) is 0 Å². The van der Waals surface area contributed by atoms with Crippen molar-refractivity contribution in [1.82, 2.24) is 20.5 Å². The second kappa shape index (κ2) is 11.6. The molecule has 0 radical (unpaired) electrons. The zero-order valence-electron chi connectivity index (χ0n) is 17.1. The number of hydrogen-bond donors (Lipinski definition) is 4. The maximum atomic E-state index is 12.6. The predicted molar refractivity (Wildman–Crippen MR) is 107 cm³/mol. The van der Waals surface area contributed by atoms with Crippen molar-refractivity contribution in [3.63, 3.8) is 0 Å². The first-order chi connectivity index (χ1) is 15.3. The smallest absolute Gasteiger partial charge is 0.543 e. The zero-order chi connectivity index (χ0) is 23.4. The summed E-state index contributed by atoms with van der Waals surface area (Å²) in [7, 11) is 0. The molecule has 172 valence electrons. The summed E-state index contributed by atoms with van der Waals surface area (Å²) < 4.78 is 16.9. The van der Waals surface area contributed by atoms with E-state index in [1.54, 1.807) is 0 Å². The van der Waals surface area contributed by atoms with Crippen LogP contribution in [-0.2, 0) is 19.1 Å². The van der Waals surface area contributed by atoms with Crippen molar-refractivity contribution in [2.45, 2.75) is 11.4 Å². The number of carboxylic acid groups (broad SMARTS) is 1. The summed E-state index contributed by atoms with van der Waals surface area (Å²) >= 11 is 2.13. The van der Waals surface area contributed by atoms with Crippen LogP contribution in [0.5, 0.6) is 0 Å². The number of ether oxygens (including phenoxy) is 1. The summed E-state index contributed by atoms with van der Waals surface area (Å²) in [6.07, 6.45) is -0.946. The maximum absolute atomic E-state index is 12.6. The van der Waals surface area contributed by atoms with Crippen molar-refractivity contribution in [2.24, 2.45) is 5.16 Å². The molecule has 17 heteroatoms. The van der Waals surface area contributed by atoms with Crippen LogP contribution in [0.15, 0.2) is 21.8 Å². The molecule has 3 amide bonds. The van der Waals surface area contributed by atoms with Gasteiger partial charge in [0.25, 0.3) is 11.8 Å². The van der Waals surface area contributed by atoms with Gasteiger partial charge in [-0.25, -0.2) is 14.2 Å². The van der Waals surface area contributed by atoms with Crippen LogP contribution in [0.3, 0.4) is 0 Å². The first-order valence-corrected chi connectivity index (χ1v) is 10.8. The van der Waals surface area contributed by atoms with Crippen molar-refractivity contribution in [3.8, 4) is 0 Å². The Labute approximate surface area is 215 Å². The van der Waals surface area contributed by atoms with Crippen molar-refractivity contribution >= 4 is 57.8 Å². The number of nitrogen functional groups attached to an aromatic ring is 1. The number of halogens is 1. The second-order valence-electron chi connectivity index (χ2n) is 6.31. The van der Waals surface area contributed by atoms with Crippen molar-refractivity contribution in [3.05, 3.63) is 22.3 Å². The number of carbonyl (C=O) groups excluding carboxylic acids is 4. The normalized spacial score (nSPS) is 19.7. The van der Waals surface area contributed by atoms with Gasteiger partial charge in [-0.3, -0.25) is 14.5 Å². The number of β-lactam (4-membered cyclic amide) rings is 1. The Kier molecular flexibility index (Phi) is 9.47. The predicted octanol–water partition coefficient (Wildman–Crippen LogP) is -4.99. The molecular weight excluding hydrogens is 494 g/mol. The van der Waals surface area contributed by atoms with Crippen LogP contribution in [0.1, 0.15) is 5.69 Å². The van der Waals surface area contributed by atoms with Crippen molar-refractivity contribution < 1.29 is 68.2 Å². The van der Waals surface area contributed by atoms with Gasteiger partial charge in [0.05, 0.1) is 11.7 Å². The number of fused-ring (bicyclic) bond motifs is 1. The van der Waals surface area contributed by atoms with Gasteiger partial charge in [-0.1, -0.05) is 5.16 Å². The Morgan fingerprint density at radius 2 is 2.18 bits per heavy atom. The van der Waals surface area contributed by atoms with Crippen LogP contribution < -0.4 is 51.0 Å². The van der Waals surface area contributed by atoms with E-state index in [1.165, 1.54) is 5.38 Å². The molecule has 1 saturated heterocycles. The van der Waals surface area contributed by atoms with Gasteiger partial charge in [0.2, 0.25) is 0 Å². The van der Waals surface area contributed by atoms with E-state index in [2.05, 4.69) is 20.8 Å². The van der Waals surface area contributed by atoms with E-state index in [9.17, 15) is 28.7 Å². The van der Waals surface area contributed by atoms with Crippen LogP contribution in [0.4, 0.5) is 14.3 Å². The Balaban J connectivity index is 0.00000385. The van der Waals surface area contributed by atoms with Gasteiger partial charge in [-0.05, 0) is 0 Å². The minimum atomic E-state index is -1.66. The Morgan fingerprint density at radius 1 is 1.45 bits per heavy atom. The standard InChI is InChI=1S/C16H17FN6O7S2.Na/c17-1-2-19-16(28)30-3-6-4-31-13-9(12(25)23(13)10(6)14(26)27)21-11(24)8(22-29)7-5-32-15(18)20-7;/h5,9,13,29H,1-4H2,(H2,18,20)(H,19,28)(H,21,24)(H,26,27);/q;+1/p-1/b22-8-;/t9?,13-;/m0./s1. The van der Waals surface area contributed by atoms with E-state index < -0.39 is 60.0 Å².